The van der Waals surface area contributed by atoms with E-state index in [4.69, 9.17) is 27.9 Å². The molecule has 2 N–H and O–H groups in total. The summed E-state index contributed by atoms with van der Waals surface area (Å²) in [5.41, 5.74) is 0.727. The highest BCUT2D eigenvalue weighted by molar-refractivity contribution is 6.36. The van der Waals surface area contributed by atoms with Gasteiger partial charge in [-0.15, -0.1) is 0 Å². The molecule has 1 aromatic heterocycles. The van der Waals surface area contributed by atoms with Gasteiger partial charge in [-0.1, -0.05) is 23.2 Å². The van der Waals surface area contributed by atoms with Gasteiger partial charge in [0.15, 0.2) is 5.82 Å². The molecule has 0 fully saturated rings. The zero-order chi connectivity index (χ0) is 15.2. The molecule has 0 aliphatic carbocycles. The molecule has 0 unspecified atom stereocenters. The van der Waals surface area contributed by atoms with Crippen LogP contribution in [0.5, 0.6) is 0 Å². The van der Waals surface area contributed by atoms with E-state index in [9.17, 15) is 0 Å². The Morgan fingerprint density at radius 1 is 1.14 bits per heavy atom. The highest BCUT2D eigenvalue weighted by Crippen LogP contribution is 2.28. The van der Waals surface area contributed by atoms with Crippen molar-refractivity contribution in [1.29, 1.82) is 0 Å². The summed E-state index contributed by atoms with van der Waals surface area (Å²) in [6, 6.07) is 7.05. The second-order valence-electron chi connectivity index (χ2n) is 4.27. The standard InChI is InChI=1S/C14H16Cl2N4O/c1-3-17-12-7-13(20-14(19-12)8-21-2)18-11-5-4-9(15)6-10(11)16/h4-7H,3,8H2,1-2H3,(H2,17,18,19,20). The molecule has 0 aliphatic heterocycles. The fraction of sp³-hybridized carbons (Fsp3) is 0.286. The van der Waals surface area contributed by atoms with E-state index in [1.54, 1.807) is 25.3 Å². The number of methoxy groups -OCH3 is 1. The molecule has 2 rings (SSSR count). The van der Waals surface area contributed by atoms with Crippen LogP contribution in [0.1, 0.15) is 12.7 Å². The topological polar surface area (TPSA) is 59.1 Å². The van der Waals surface area contributed by atoms with Gasteiger partial charge in [-0.25, -0.2) is 9.97 Å². The third kappa shape index (κ3) is 4.46. The van der Waals surface area contributed by atoms with Gasteiger partial charge in [0, 0.05) is 24.7 Å². The van der Waals surface area contributed by atoms with Crippen LogP contribution in [0, 0.1) is 0 Å². The first-order chi connectivity index (χ1) is 10.1. The fourth-order valence-electron chi connectivity index (χ4n) is 1.76. The van der Waals surface area contributed by atoms with E-state index in [2.05, 4.69) is 20.6 Å². The van der Waals surface area contributed by atoms with Gasteiger partial charge in [0.1, 0.15) is 18.2 Å². The van der Waals surface area contributed by atoms with Gasteiger partial charge in [0.2, 0.25) is 0 Å². The number of hydrogen-bond donors (Lipinski definition) is 2. The van der Waals surface area contributed by atoms with Crippen molar-refractivity contribution >= 4 is 40.5 Å². The van der Waals surface area contributed by atoms with Crippen LogP contribution in [0.25, 0.3) is 0 Å². The minimum absolute atomic E-state index is 0.336. The predicted molar refractivity (Wildman–Crippen MR) is 86.7 cm³/mol. The van der Waals surface area contributed by atoms with Gasteiger partial charge in [-0.05, 0) is 25.1 Å². The van der Waals surface area contributed by atoms with Crippen molar-refractivity contribution < 1.29 is 4.74 Å². The maximum Gasteiger partial charge on any atom is 0.158 e. The lowest BCUT2D eigenvalue weighted by Gasteiger charge is -2.11. The number of nitrogens with zero attached hydrogens (tertiary/aromatic N) is 2. The second kappa shape index (κ2) is 7.45. The van der Waals surface area contributed by atoms with E-state index < -0.39 is 0 Å². The number of hydrogen-bond acceptors (Lipinski definition) is 5. The summed E-state index contributed by atoms with van der Waals surface area (Å²) in [4.78, 5) is 8.74. The largest absolute Gasteiger partial charge is 0.377 e. The van der Waals surface area contributed by atoms with E-state index in [1.165, 1.54) is 0 Å². The van der Waals surface area contributed by atoms with Gasteiger partial charge in [-0.3, -0.25) is 0 Å². The summed E-state index contributed by atoms with van der Waals surface area (Å²) >= 11 is 12.0. The first kappa shape index (κ1) is 15.8. The molecule has 0 radical (unpaired) electrons. The maximum atomic E-state index is 6.15. The van der Waals surface area contributed by atoms with Crippen molar-refractivity contribution in [1.82, 2.24) is 9.97 Å². The van der Waals surface area contributed by atoms with Crippen LogP contribution in [-0.4, -0.2) is 23.6 Å². The van der Waals surface area contributed by atoms with Gasteiger partial charge in [-0.2, -0.15) is 0 Å². The molecule has 7 heteroatoms. The lowest BCUT2D eigenvalue weighted by molar-refractivity contribution is 0.178. The molecule has 5 nitrogen and oxygen atoms in total. The zero-order valence-electron chi connectivity index (χ0n) is 11.8. The lowest BCUT2D eigenvalue weighted by Crippen LogP contribution is -2.07. The van der Waals surface area contributed by atoms with Crippen LogP contribution in [0.2, 0.25) is 10.0 Å². The summed E-state index contributed by atoms with van der Waals surface area (Å²) in [5, 5.41) is 7.43. The molecule has 1 aromatic carbocycles. The third-order valence-corrected chi connectivity index (χ3v) is 3.15. The number of aromatic nitrogens is 2. The molecular weight excluding hydrogens is 311 g/mol. The number of anilines is 3. The van der Waals surface area contributed by atoms with Crippen LogP contribution in [0.4, 0.5) is 17.3 Å². The Morgan fingerprint density at radius 3 is 2.57 bits per heavy atom. The molecule has 0 saturated heterocycles. The van der Waals surface area contributed by atoms with Gasteiger partial charge in [0.05, 0.1) is 10.7 Å². The number of ether oxygens (including phenoxy) is 1. The van der Waals surface area contributed by atoms with Crippen LogP contribution in [0.3, 0.4) is 0 Å². The van der Waals surface area contributed by atoms with Crippen LogP contribution >= 0.6 is 23.2 Å². The predicted octanol–water partition coefficient (Wildman–Crippen LogP) is 4.11. The molecular formula is C14H16Cl2N4O. The smallest absolute Gasteiger partial charge is 0.158 e. The Bertz CT molecular complexity index is 598. The number of benzene rings is 1. The summed E-state index contributed by atoms with van der Waals surface area (Å²) in [6.07, 6.45) is 0. The lowest BCUT2D eigenvalue weighted by atomic mass is 10.3. The summed E-state index contributed by atoms with van der Waals surface area (Å²) < 4.78 is 5.08. The van der Waals surface area contributed by atoms with Crippen LogP contribution in [0.15, 0.2) is 24.3 Å². The van der Waals surface area contributed by atoms with Gasteiger partial charge < -0.3 is 15.4 Å². The molecule has 0 aliphatic rings. The average molecular weight is 327 g/mol. The zero-order valence-corrected chi connectivity index (χ0v) is 13.3. The summed E-state index contributed by atoms with van der Waals surface area (Å²) in [5.74, 6) is 1.95. The number of halogens is 2. The Kier molecular flexibility index (Phi) is 5.61. The summed E-state index contributed by atoms with van der Waals surface area (Å²) in [7, 11) is 1.60. The van der Waals surface area contributed by atoms with E-state index in [-0.39, 0.29) is 0 Å². The monoisotopic (exact) mass is 326 g/mol. The maximum absolute atomic E-state index is 6.15. The molecule has 1 heterocycles. The number of rotatable bonds is 6. The Balaban J connectivity index is 2.29. The van der Waals surface area contributed by atoms with E-state index >= 15 is 0 Å². The minimum Gasteiger partial charge on any atom is -0.377 e. The fourth-order valence-corrected chi connectivity index (χ4v) is 2.21. The molecule has 112 valence electrons. The molecule has 0 atom stereocenters. The molecule has 0 amide bonds. The molecule has 2 aromatic rings. The highest BCUT2D eigenvalue weighted by atomic mass is 35.5. The average Bonchev–Trinajstić information content (AvgIpc) is 2.42. The Hall–Kier alpha value is -1.56. The molecule has 0 saturated carbocycles. The van der Waals surface area contributed by atoms with Crippen molar-refractivity contribution in [2.45, 2.75) is 13.5 Å². The number of nitrogens with one attached hydrogen (secondary N) is 2. The Morgan fingerprint density at radius 2 is 1.90 bits per heavy atom. The normalized spacial score (nSPS) is 10.5. The first-order valence-corrected chi connectivity index (χ1v) is 7.20. The minimum atomic E-state index is 0.336. The van der Waals surface area contributed by atoms with E-state index in [0.717, 1.165) is 18.1 Å². The molecule has 0 spiro atoms. The van der Waals surface area contributed by atoms with Crippen LogP contribution < -0.4 is 10.6 Å². The van der Waals surface area contributed by atoms with Gasteiger partial charge in [0.25, 0.3) is 0 Å². The molecule has 0 bridgehead atoms. The van der Waals surface area contributed by atoms with Crippen molar-refractivity contribution in [2.24, 2.45) is 0 Å². The van der Waals surface area contributed by atoms with Crippen LogP contribution in [-0.2, 0) is 11.3 Å². The van der Waals surface area contributed by atoms with Crippen molar-refractivity contribution in [2.75, 3.05) is 24.3 Å². The second-order valence-corrected chi connectivity index (χ2v) is 5.11. The highest BCUT2D eigenvalue weighted by Gasteiger charge is 2.07. The SMILES string of the molecule is CCNc1cc(Nc2ccc(Cl)cc2Cl)nc(COC)n1. The van der Waals surface area contributed by atoms with Gasteiger partial charge >= 0.3 is 0 Å². The molecule has 21 heavy (non-hydrogen) atoms. The van der Waals surface area contributed by atoms with E-state index in [0.29, 0.717) is 28.3 Å². The third-order valence-electron chi connectivity index (χ3n) is 2.60. The van der Waals surface area contributed by atoms with E-state index in [1.807, 2.05) is 13.0 Å². The van der Waals surface area contributed by atoms with Crippen molar-refractivity contribution in [3.05, 3.63) is 40.1 Å². The Labute approximate surface area is 133 Å². The van der Waals surface area contributed by atoms with Crippen molar-refractivity contribution in [3.63, 3.8) is 0 Å². The van der Waals surface area contributed by atoms with Crippen molar-refractivity contribution in [3.8, 4) is 0 Å². The quantitative estimate of drug-likeness (QED) is 0.836. The summed E-state index contributed by atoms with van der Waals surface area (Å²) in [6.45, 7) is 3.11. The first-order valence-electron chi connectivity index (χ1n) is 6.45.